The number of pyridine rings is 1. The largest absolute Gasteiger partial charge is 0.481 e. The van der Waals surface area contributed by atoms with Crippen molar-refractivity contribution >= 4 is 5.97 Å². The first kappa shape index (κ1) is 12.3. The first-order chi connectivity index (χ1) is 8.59. The van der Waals surface area contributed by atoms with Gasteiger partial charge in [-0.15, -0.1) is 0 Å². The van der Waals surface area contributed by atoms with Crippen LogP contribution < -0.4 is 0 Å². The highest BCUT2D eigenvalue weighted by Gasteiger charge is 2.13. The molecule has 18 heavy (non-hydrogen) atoms. The van der Waals surface area contributed by atoms with Crippen molar-refractivity contribution in [3.63, 3.8) is 0 Å². The highest BCUT2D eigenvalue weighted by atomic mass is 16.4. The second-order valence-corrected chi connectivity index (χ2v) is 4.15. The molecule has 0 atom stereocenters. The summed E-state index contributed by atoms with van der Waals surface area (Å²) in [5.74, 6) is -0.814. The highest BCUT2D eigenvalue weighted by molar-refractivity contribution is 5.68. The second kappa shape index (κ2) is 5.00. The van der Waals surface area contributed by atoms with Crippen LogP contribution in [0.4, 0.5) is 0 Å². The van der Waals surface area contributed by atoms with Crippen LogP contribution in [-0.2, 0) is 11.3 Å². The topological polar surface area (TPSA) is 68.0 Å². The molecule has 0 spiro atoms. The minimum absolute atomic E-state index is 0.0778. The van der Waals surface area contributed by atoms with Crippen molar-refractivity contribution in [1.82, 2.24) is 14.8 Å². The van der Waals surface area contributed by atoms with E-state index in [0.29, 0.717) is 6.54 Å². The molecule has 2 aromatic rings. The molecule has 2 rings (SSSR count). The molecule has 0 unspecified atom stereocenters. The molecule has 0 radical (unpaired) electrons. The number of carboxylic acids is 1. The zero-order valence-electron chi connectivity index (χ0n) is 10.4. The third kappa shape index (κ3) is 2.40. The Bertz CT molecular complexity index is 561. The lowest BCUT2D eigenvalue weighted by Gasteiger charge is -2.03. The number of carbonyl (C=O) groups is 1. The number of rotatable bonds is 4. The van der Waals surface area contributed by atoms with Crippen molar-refractivity contribution in [1.29, 1.82) is 0 Å². The van der Waals surface area contributed by atoms with Gasteiger partial charge in [-0.1, -0.05) is 6.07 Å². The lowest BCUT2D eigenvalue weighted by Crippen LogP contribution is -2.07. The van der Waals surface area contributed by atoms with Crippen molar-refractivity contribution in [2.45, 2.75) is 26.8 Å². The molecule has 1 N–H and O–H groups in total. The van der Waals surface area contributed by atoms with Gasteiger partial charge in [-0.3, -0.25) is 14.5 Å². The molecule has 0 bridgehead atoms. The molecule has 94 valence electrons. The first-order valence-electron chi connectivity index (χ1n) is 5.76. The summed E-state index contributed by atoms with van der Waals surface area (Å²) in [6.07, 6.45) is 3.59. The molecule has 5 nitrogen and oxygen atoms in total. The van der Waals surface area contributed by atoms with Gasteiger partial charge in [-0.25, -0.2) is 0 Å². The predicted octanol–water partition coefficient (Wildman–Crippen LogP) is 2.04. The van der Waals surface area contributed by atoms with Gasteiger partial charge >= 0.3 is 5.97 Å². The van der Waals surface area contributed by atoms with E-state index >= 15 is 0 Å². The third-order valence-corrected chi connectivity index (χ3v) is 2.87. The maximum absolute atomic E-state index is 10.6. The van der Waals surface area contributed by atoms with Crippen LogP contribution in [0, 0.1) is 13.8 Å². The number of hydrogen-bond donors (Lipinski definition) is 1. The number of hydrogen-bond acceptors (Lipinski definition) is 3. The fraction of sp³-hybridized carbons (Fsp3) is 0.308. The number of aliphatic carboxylic acids is 1. The summed E-state index contributed by atoms with van der Waals surface area (Å²) in [6.45, 7) is 4.26. The zero-order chi connectivity index (χ0) is 13.1. The van der Waals surface area contributed by atoms with Gasteiger partial charge in [0.2, 0.25) is 0 Å². The van der Waals surface area contributed by atoms with Crippen molar-refractivity contribution in [2.24, 2.45) is 0 Å². The zero-order valence-corrected chi connectivity index (χ0v) is 10.4. The Balaban J connectivity index is 2.35. The summed E-state index contributed by atoms with van der Waals surface area (Å²) < 4.78 is 1.74. The Morgan fingerprint density at radius 1 is 1.44 bits per heavy atom. The fourth-order valence-electron chi connectivity index (χ4n) is 2.04. The molecule has 0 amide bonds. The van der Waals surface area contributed by atoms with E-state index in [4.69, 9.17) is 5.11 Å². The van der Waals surface area contributed by atoms with Crippen molar-refractivity contribution in [3.05, 3.63) is 35.9 Å². The van der Waals surface area contributed by atoms with Gasteiger partial charge in [0.15, 0.2) is 0 Å². The molecule has 0 aliphatic heterocycles. The number of carboxylic acid groups (broad SMARTS) is 1. The minimum atomic E-state index is -0.814. The summed E-state index contributed by atoms with van der Waals surface area (Å²) >= 11 is 0. The van der Waals surface area contributed by atoms with E-state index in [-0.39, 0.29) is 6.42 Å². The average molecular weight is 245 g/mol. The van der Waals surface area contributed by atoms with Gasteiger partial charge in [0, 0.05) is 29.2 Å². The van der Waals surface area contributed by atoms with E-state index in [9.17, 15) is 4.79 Å². The maximum Gasteiger partial charge on any atom is 0.305 e. The van der Waals surface area contributed by atoms with Crippen LogP contribution in [-0.4, -0.2) is 25.8 Å². The van der Waals surface area contributed by atoms with Crippen molar-refractivity contribution < 1.29 is 9.90 Å². The minimum Gasteiger partial charge on any atom is -0.481 e. The highest BCUT2D eigenvalue weighted by Crippen LogP contribution is 2.25. The summed E-state index contributed by atoms with van der Waals surface area (Å²) in [5, 5.41) is 13.1. The van der Waals surface area contributed by atoms with Gasteiger partial charge in [-0.05, 0) is 19.9 Å². The predicted molar refractivity (Wildman–Crippen MR) is 67.2 cm³/mol. The molecular weight excluding hydrogens is 230 g/mol. The van der Waals surface area contributed by atoms with Gasteiger partial charge in [-0.2, -0.15) is 5.10 Å². The second-order valence-electron chi connectivity index (χ2n) is 4.15. The van der Waals surface area contributed by atoms with E-state index in [1.807, 2.05) is 26.0 Å². The van der Waals surface area contributed by atoms with E-state index in [0.717, 1.165) is 22.5 Å². The third-order valence-electron chi connectivity index (χ3n) is 2.87. The molecule has 0 saturated heterocycles. The Morgan fingerprint density at radius 2 is 2.22 bits per heavy atom. The van der Waals surface area contributed by atoms with Crippen molar-refractivity contribution in [3.8, 4) is 11.1 Å². The van der Waals surface area contributed by atoms with Crippen molar-refractivity contribution in [2.75, 3.05) is 0 Å². The van der Waals surface area contributed by atoms with E-state index in [1.54, 1.807) is 17.1 Å². The van der Waals surface area contributed by atoms with Crippen LogP contribution in [0.1, 0.15) is 17.8 Å². The smallest absolute Gasteiger partial charge is 0.305 e. The molecule has 0 aliphatic rings. The molecule has 0 aromatic carbocycles. The Labute approximate surface area is 105 Å². The summed E-state index contributed by atoms with van der Waals surface area (Å²) in [6, 6.07) is 3.86. The summed E-state index contributed by atoms with van der Waals surface area (Å²) in [7, 11) is 0. The Hall–Kier alpha value is -2.17. The van der Waals surface area contributed by atoms with E-state index in [1.165, 1.54) is 0 Å². The van der Waals surface area contributed by atoms with Crippen LogP contribution in [0.5, 0.6) is 0 Å². The standard InChI is InChI=1S/C13H15N3O2/c1-9-13(11-4-3-6-14-8-11)10(2)16(15-9)7-5-12(17)18/h3-4,6,8H,5,7H2,1-2H3,(H,17,18). The van der Waals surface area contributed by atoms with E-state index < -0.39 is 5.97 Å². The molecule has 2 aromatic heterocycles. The summed E-state index contributed by atoms with van der Waals surface area (Å²) in [4.78, 5) is 14.7. The normalized spacial score (nSPS) is 10.6. The van der Waals surface area contributed by atoms with Gasteiger partial charge in [0.05, 0.1) is 18.7 Å². The van der Waals surface area contributed by atoms with Crippen LogP contribution in [0.3, 0.4) is 0 Å². The molecule has 2 heterocycles. The molecular formula is C13H15N3O2. The molecule has 5 heteroatoms. The molecule has 0 saturated carbocycles. The monoisotopic (exact) mass is 245 g/mol. The summed E-state index contributed by atoms with van der Waals surface area (Å²) in [5.41, 5.74) is 3.91. The first-order valence-corrected chi connectivity index (χ1v) is 5.76. The van der Waals surface area contributed by atoms with Gasteiger partial charge < -0.3 is 5.11 Å². The number of aryl methyl sites for hydroxylation is 2. The van der Waals surface area contributed by atoms with Crippen LogP contribution >= 0.6 is 0 Å². The Morgan fingerprint density at radius 3 is 2.83 bits per heavy atom. The van der Waals surface area contributed by atoms with Gasteiger partial charge in [0.25, 0.3) is 0 Å². The van der Waals surface area contributed by atoms with Crippen LogP contribution in [0.25, 0.3) is 11.1 Å². The lowest BCUT2D eigenvalue weighted by atomic mass is 10.1. The lowest BCUT2D eigenvalue weighted by molar-refractivity contribution is -0.137. The van der Waals surface area contributed by atoms with Crippen LogP contribution in [0.2, 0.25) is 0 Å². The Kier molecular flexibility index (Phi) is 3.41. The maximum atomic E-state index is 10.6. The SMILES string of the molecule is Cc1nn(CCC(=O)O)c(C)c1-c1cccnc1. The van der Waals surface area contributed by atoms with Crippen LogP contribution in [0.15, 0.2) is 24.5 Å². The number of aromatic nitrogens is 3. The quantitative estimate of drug-likeness (QED) is 0.895. The fourth-order valence-corrected chi connectivity index (χ4v) is 2.04. The molecule has 0 aliphatic carbocycles. The van der Waals surface area contributed by atoms with Gasteiger partial charge in [0.1, 0.15) is 0 Å². The van der Waals surface area contributed by atoms with E-state index in [2.05, 4.69) is 10.1 Å². The number of nitrogens with zero attached hydrogens (tertiary/aromatic N) is 3. The molecule has 0 fully saturated rings. The average Bonchev–Trinajstić information content (AvgIpc) is 2.63.